The number of aromatic nitrogens is 2. The van der Waals surface area contributed by atoms with E-state index in [1.807, 2.05) is 6.92 Å². The summed E-state index contributed by atoms with van der Waals surface area (Å²) in [6.45, 7) is 2.95. The summed E-state index contributed by atoms with van der Waals surface area (Å²) in [6, 6.07) is 2.78. The number of carbonyl (C=O) groups is 2. The summed E-state index contributed by atoms with van der Waals surface area (Å²) in [5.41, 5.74) is 0.303. The maximum Gasteiger partial charge on any atom is 0.306 e. The number of benzene rings is 1. The molecule has 128 valence electrons. The van der Waals surface area contributed by atoms with Crippen LogP contribution in [0, 0.1) is 5.21 Å². The molecule has 0 unspecified atom stereocenters. The summed E-state index contributed by atoms with van der Waals surface area (Å²) >= 11 is 11.9. The van der Waals surface area contributed by atoms with Crippen molar-refractivity contribution in [3.05, 3.63) is 38.8 Å². The number of halogens is 2. The minimum absolute atomic E-state index is 0.0910. The molecule has 1 aromatic carbocycles. The average molecular weight is 371 g/mol. The van der Waals surface area contributed by atoms with E-state index in [1.165, 1.54) is 19.1 Å². The molecule has 0 saturated heterocycles. The molecule has 24 heavy (non-hydrogen) atoms. The third-order valence-corrected chi connectivity index (χ3v) is 4.13. The van der Waals surface area contributed by atoms with Crippen LogP contribution >= 0.6 is 23.2 Å². The van der Waals surface area contributed by atoms with E-state index in [-0.39, 0.29) is 45.5 Å². The second-order valence-electron chi connectivity index (χ2n) is 5.28. The largest absolute Gasteiger partial charge is 0.618 e. The zero-order valence-electron chi connectivity index (χ0n) is 13.3. The fourth-order valence-electron chi connectivity index (χ4n) is 2.20. The Morgan fingerprint density at radius 2 is 1.96 bits per heavy atom. The molecule has 0 aliphatic heterocycles. The highest BCUT2D eigenvalue weighted by atomic mass is 35.5. The van der Waals surface area contributed by atoms with Crippen LogP contribution < -0.4 is 4.73 Å². The van der Waals surface area contributed by atoms with Gasteiger partial charge in [-0.1, -0.05) is 36.5 Å². The van der Waals surface area contributed by atoms with Crippen LogP contribution in [0.4, 0.5) is 0 Å². The summed E-state index contributed by atoms with van der Waals surface area (Å²) in [5, 5.41) is 12.9. The van der Waals surface area contributed by atoms with Gasteiger partial charge in [-0.25, -0.2) is 4.98 Å². The summed E-state index contributed by atoms with van der Waals surface area (Å²) in [4.78, 5) is 27.7. The Kier molecular flexibility index (Phi) is 5.96. The minimum atomic E-state index is -0.481. The van der Waals surface area contributed by atoms with Gasteiger partial charge in [-0.3, -0.25) is 9.59 Å². The van der Waals surface area contributed by atoms with Crippen LogP contribution in [0.15, 0.2) is 12.1 Å². The first-order valence-corrected chi connectivity index (χ1v) is 8.18. The van der Waals surface area contributed by atoms with E-state index >= 15 is 0 Å². The molecular weight excluding hydrogens is 355 g/mol. The van der Waals surface area contributed by atoms with Crippen LogP contribution in [0.25, 0.3) is 11.0 Å². The predicted octanol–water partition coefficient (Wildman–Crippen LogP) is 3.61. The van der Waals surface area contributed by atoms with Gasteiger partial charge < -0.3 is 9.94 Å². The Morgan fingerprint density at radius 3 is 2.58 bits per heavy atom. The Balaban J connectivity index is 2.44. The van der Waals surface area contributed by atoms with Crippen molar-refractivity contribution < 1.29 is 19.1 Å². The molecule has 0 radical (unpaired) electrons. The first kappa shape index (κ1) is 18.4. The molecule has 0 fully saturated rings. The topological polar surface area (TPSA) is 83.2 Å². The molecule has 6 nitrogen and oxygen atoms in total. The molecule has 0 aliphatic rings. The molecule has 1 aromatic heterocycles. The van der Waals surface area contributed by atoms with Crippen molar-refractivity contribution in [3.63, 3.8) is 0 Å². The third-order valence-electron chi connectivity index (χ3n) is 3.41. The number of esters is 1. The van der Waals surface area contributed by atoms with Crippen molar-refractivity contribution >= 4 is 46.0 Å². The summed E-state index contributed by atoms with van der Waals surface area (Å²) < 4.78 is 5.56. The lowest BCUT2D eigenvalue weighted by Crippen LogP contribution is -2.37. The number of fused-ring (bicyclic) bond motifs is 1. The molecule has 2 rings (SSSR count). The maximum atomic E-state index is 12.5. The van der Waals surface area contributed by atoms with E-state index in [1.54, 1.807) is 0 Å². The minimum Gasteiger partial charge on any atom is -0.618 e. The highest BCUT2D eigenvalue weighted by Gasteiger charge is 2.25. The molecule has 2 aromatic rings. The number of unbranched alkanes of at least 4 members (excludes halogenated alkanes) is 1. The predicted molar refractivity (Wildman–Crippen MR) is 90.0 cm³/mol. The van der Waals surface area contributed by atoms with Gasteiger partial charge in [0.1, 0.15) is 12.1 Å². The molecule has 0 N–H and O–H groups in total. The number of Topliss-reactive ketones (excluding diaryl/α,β-unsaturated/α-hetero) is 1. The van der Waals surface area contributed by atoms with Crippen LogP contribution in [0.1, 0.15) is 49.3 Å². The van der Waals surface area contributed by atoms with Crippen LogP contribution in [0.5, 0.6) is 0 Å². The lowest BCUT2D eigenvalue weighted by atomic mass is 10.2. The molecule has 0 spiro atoms. The summed E-state index contributed by atoms with van der Waals surface area (Å²) in [6.07, 6.45) is 1.85. The lowest BCUT2D eigenvalue weighted by molar-refractivity contribution is -0.580. The summed E-state index contributed by atoms with van der Waals surface area (Å²) in [7, 11) is 0. The molecular formula is C16H16Cl2N2O4. The molecule has 0 amide bonds. The third kappa shape index (κ3) is 3.94. The smallest absolute Gasteiger partial charge is 0.306 e. The molecule has 0 atom stereocenters. The molecule has 1 heterocycles. The van der Waals surface area contributed by atoms with Crippen LogP contribution in [0.2, 0.25) is 10.0 Å². The Hall–Kier alpha value is -1.92. The Labute approximate surface area is 148 Å². The number of hydrogen-bond donors (Lipinski definition) is 0. The van der Waals surface area contributed by atoms with Crippen LogP contribution in [-0.4, -0.2) is 16.7 Å². The lowest BCUT2D eigenvalue weighted by Gasteiger charge is -2.11. The van der Waals surface area contributed by atoms with Gasteiger partial charge in [0.25, 0.3) is 5.69 Å². The van der Waals surface area contributed by atoms with Gasteiger partial charge in [0, 0.05) is 19.4 Å². The van der Waals surface area contributed by atoms with Crippen molar-refractivity contribution in [1.82, 2.24) is 4.98 Å². The fourth-order valence-corrected chi connectivity index (χ4v) is 2.52. The molecule has 0 saturated carbocycles. The van der Waals surface area contributed by atoms with Gasteiger partial charge in [0.15, 0.2) is 5.69 Å². The maximum absolute atomic E-state index is 12.5. The number of carbonyl (C=O) groups excluding carboxylic acids is 2. The number of hydrogen-bond acceptors (Lipinski definition) is 5. The van der Waals surface area contributed by atoms with Crippen molar-refractivity contribution in [2.24, 2.45) is 0 Å². The highest BCUT2D eigenvalue weighted by molar-refractivity contribution is 6.42. The van der Waals surface area contributed by atoms with E-state index in [2.05, 4.69) is 4.98 Å². The number of nitrogens with zero attached hydrogens (tertiary/aromatic N) is 2. The van der Waals surface area contributed by atoms with E-state index in [9.17, 15) is 14.8 Å². The van der Waals surface area contributed by atoms with Gasteiger partial charge in [0.05, 0.1) is 10.0 Å². The van der Waals surface area contributed by atoms with Gasteiger partial charge >= 0.3 is 5.97 Å². The van der Waals surface area contributed by atoms with E-state index in [0.717, 1.165) is 6.42 Å². The van der Waals surface area contributed by atoms with Gasteiger partial charge in [-0.2, -0.15) is 4.73 Å². The van der Waals surface area contributed by atoms with Crippen molar-refractivity contribution in [1.29, 1.82) is 0 Å². The Bertz CT molecular complexity index is 808. The van der Waals surface area contributed by atoms with E-state index in [0.29, 0.717) is 11.2 Å². The van der Waals surface area contributed by atoms with Crippen molar-refractivity contribution in [3.8, 4) is 0 Å². The Morgan fingerprint density at radius 1 is 1.29 bits per heavy atom. The second kappa shape index (κ2) is 7.77. The van der Waals surface area contributed by atoms with Gasteiger partial charge in [0.2, 0.25) is 11.3 Å². The zero-order valence-corrected chi connectivity index (χ0v) is 14.8. The molecule has 8 heteroatoms. The number of ketones is 1. The number of ether oxygens (including phenoxy) is 1. The highest BCUT2D eigenvalue weighted by Crippen LogP contribution is 2.26. The first-order valence-electron chi connectivity index (χ1n) is 7.42. The van der Waals surface area contributed by atoms with E-state index in [4.69, 9.17) is 27.9 Å². The van der Waals surface area contributed by atoms with Gasteiger partial charge in [-0.05, 0) is 12.5 Å². The van der Waals surface area contributed by atoms with Crippen LogP contribution in [0.3, 0.4) is 0 Å². The molecule has 0 aliphatic carbocycles. The van der Waals surface area contributed by atoms with Crippen LogP contribution in [-0.2, 0) is 16.1 Å². The van der Waals surface area contributed by atoms with Crippen molar-refractivity contribution in [2.45, 2.75) is 39.7 Å². The van der Waals surface area contributed by atoms with Crippen molar-refractivity contribution in [2.75, 3.05) is 0 Å². The fraction of sp³-hybridized carbons (Fsp3) is 0.375. The quantitative estimate of drug-likeness (QED) is 0.335. The SMILES string of the molecule is CCCCC(=O)OCc1nc2cc(Cl)c(Cl)cc2[n+]([O-])c1C(C)=O. The number of rotatable bonds is 6. The molecule has 0 bridgehead atoms. The second-order valence-corrected chi connectivity index (χ2v) is 6.09. The average Bonchev–Trinajstić information content (AvgIpc) is 2.52. The first-order chi connectivity index (χ1) is 11.3. The standard InChI is InChI=1S/C16H16Cl2N2O4/c1-3-4-5-15(22)24-8-13-16(9(2)21)20(23)14-7-11(18)10(17)6-12(14)19-13/h6-7H,3-5,8H2,1-2H3. The normalized spacial score (nSPS) is 10.8. The summed E-state index contributed by atoms with van der Waals surface area (Å²) in [5.74, 6) is -0.884. The van der Waals surface area contributed by atoms with E-state index < -0.39 is 11.8 Å². The monoisotopic (exact) mass is 370 g/mol. The zero-order chi connectivity index (χ0) is 17.9. The van der Waals surface area contributed by atoms with Gasteiger partial charge in [-0.15, -0.1) is 0 Å².